The molecule has 21 heavy (non-hydrogen) atoms. The molecule has 0 saturated heterocycles. The van der Waals surface area contributed by atoms with Crippen LogP contribution in [0.2, 0.25) is 0 Å². The van der Waals surface area contributed by atoms with E-state index >= 15 is 0 Å². The molecule has 0 radical (unpaired) electrons. The van der Waals surface area contributed by atoms with Gasteiger partial charge in [0, 0.05) is 5.69 Å². The van der Waals surface area contributed by atoms with E-state index in [0.717, 1.165) is 28.9 Å². The Balaban J connectivity index is 2.62. The number of rotatable bonds is 4. The zero-order valence-electron chi connectivity index (χ0n) is 13.0. The van der Waals surface area contributed by atoms with Crippen molar-refractivity contribution in [1.29, 1.82) is 0 Å². The molecule has 0 aliphatic rings. The number of methoxy groups -OCH3 is 1. The van der Waals surface area contributed by atoms with Crippen LogP contribution < -0.4 is 0 Å². The largest absolute Gasteiger partial charge is 0.465 e. The van der Waals surface area contributed by atoms with Gasteiger partial charge in [0.2, 0.25) is 0 Å². The van der Waals surface area contributed by atoms with E-state index in [1.165, 1.54) is 7.11 Å². The van der Waals surface area contributed by atoms with Crippen LogP contribution in [0.4, 0.5) is 0 Å². The summed E-state index contributed by atoms with van der Waals surface area (Å²) in [6.45, 7) is 6.18. The summed E-state index contributed by atoms with van der Waals surface area (Å²) in [5, 5.41) is 0. The van der Waals surface area contributed by atoms with Crippen LogP contribution in [-0.2, 0) is 11.2 Å². The third kappa shape index (κ3) is 3.48. The monoisotopic (exact) mass is 283 g/mol. The summed E-state index contributed by atoms with van der Waals surface area (Å²) in [5.41, 5.74) is 4.18. The quantitative estimate of drug-likeness (QED) is 0.795. The van der Waals surface area contributed by atoms with Gasteiger partial charge in [0.05, 0.1) is 18.4 Å². The molecule has 1 aromatic heterocycles. The van der Waals surface area contributed by atoms with E-state index in [-0.39, 0.29) is 5.97 Å². The SMILES string of the molecule is COC(=O)c1c(-c2ccccc2)cc(CC(C)C)nc1C. The summed E-state index contributed by atoms with van der Waals surface area (Å²) in [5.74, 6) is 0.180. The van der Waals surface area contributed by atoms with Gasteiger partial charge in [0.15, 0.2) is 0 Å². The first-order valence-corrected chi connectivity index (χ1v) is 7.17. The highest BCUT2D eigenvalue weighted by atomic mass is 16.5. The van der Waals surface area contributed by atoms with Gasteiger partial charge in [-0.3, -0.25) is 4.98 Å². The first-order valence-electron chi connectivity index (χ1n) is 7.17. The van der Waals surface area contributed by atoms with Gasteiger partial charge in [0.1, 0.15) is 0 Å². The maximum Gasteiger partial charge on any atom is 0.340 e. The van der Waals surface area contributed by atoms with Gasteiger partial charge in [-0.15, -0.1) is 0 Å². The number of aryl methyl sites for hydroxylation is 1. The number of pyridine rings is 1. The highest BCUT2D eigenvalue weighted by molar-refractivity contribution is 5.98. The van der Waals surface area contributed by atoms with E-state index in [1.54, 1.807) is 0 Å². The van der Waals surface area contributed by atoms with Crippen LogP contribution in [0.1, 0.15) is 35.6 Å². The highest BCUT2D eigenvalue weighted by Gasteiger charge is 2.19. The third-order valence-corrected chi connectivity index (χ3v) is 3.35. The lowest BCUT2D eigenvalue weighted by atomic mass is 9.96. The fourth-order valence-electron chi connectivity index (χ4n) is 2.47. The molecule has 1 heterocycles. The molecule has 0 amide bonds. The average molecular weight is 283 g/mol. The molecule has 1 aromatic carbocycles. The molecule has 0 bridgehead atoms. The summed E-state index contributed by atoms with van der Waals surface area (Å²) in [6.07, 6.45) is 0.891. The van der Waals surface area contributed by atoms with Crippen LogP contribution in [0, 0.1) is 12.8 Å². The highest BCUT2D eigenvalue weighted by Crippen LogP contribution is 2.27. The Labute approximate surface area is 126 Å². The minimum Gasteiger partial charge on any atom is -0.465 e. The summed E-state index contributed by atoms with van der Waals surface area (Å²) in [4.78, 5) is 16.7. The first-order chi connectivity index (χ1) is 10.0. The summed E-state index contributed by atoms with van der Waals surface area (Å²) >= 11 is 0. The summed E-state index contributed by atoms with van der Waals surface area (Å²) in [6, 6.07) is 11.9. The van der Waals surface area contributed by atoms with Crippen molar-refractivity contribution in [2.45, 2.75) is 27.2 Å². The minimum atomic E-state index is -0.338. The van der Waals surface area contributed by atoms with Gasteiger partial charge in [-0.05, 0) is 36.5 Å². The van der Waals surface area contributed by atoms with Crippen LogP contribution in [-0.4, -0.2) is 18.1 Å². The zero-order chi connectivity index (χ0) is 15.4. The lowest BCUT2D eigenvalue weighted by Crippen LogP contribution is -2.10. The van der Waals surface area contributed by atoms with Crippen molar-refractivity contribution in [2.24, 2.45) is 5.92 Å². The molecule has 2 aromatic rings. The Morgan fingerprint density at radius 1 is 1.24 bits per heavy atom. The number of aromatic nitrogens is 1. The molecule has 3 nitrogen and oxygen atoms in total. The maximum atomic E-state index is 12.1. The molecule has 0 fully saturated rings. The first kappa shape index (κ1) is 15.2. The Kier molecular flexibility index (Phi) is 4.73. The van der Waals surface area contributed by atoms with Crippen LogP contribution >= 0.6 is 0 Å². The molecule has 0 saturated carbocycles. The lowest BCUT2D eigenvalue weighted by molar-refractivity contribution is 0.0600. The van der Waals surface area contributed by atoms with Crippen molar-refractivity contribution in [1.82, 2.24) is 4.98 Å². The smallest absolute Gasteiger partial charge is 0.340 e. The van der Waals surface area contributed by atoms with Crippen LogP contribution in [0.5, 0.6) is 0 Å². The average Bonchev–Trinajstić information content (AvgIpc) is 2.46. The van der Waals surface area contributed by atoms with E-state index < -0.39 is 0 Å². The van der Waals surface area contributed by atoms with Gasteiger partial charge in [-0.25, -0.2) is 4.79 Å². The molecule has 0 unspecified atom stereocenters. The number of carbonyl (C=O) groups is 1. The topological polar surface area (TPSA) is 39.2 Å². The normalized spacial score (nSPS) is 10.7. The number of hydrogen-bond acceptors (Lipinski definition) is 3. The summed E-state index contributed by atoms with van der Waals surface area (Å²) in [7, 11) is 1.40. The van der Waals surface area contributed by atoms with E-state index in [2.05, 4.69) is 18.8 Å². The third-order valence-electron chi connectivity index (χ3n) is 3.35. The van der Waals surface area contributed by atoms with Crippen LogP contribution in [0.15, 0.2) is 36.4 Å². The number of benzene rings is 1. The number of carbonyl (C=O) groups excluding carboxylic acids is 1. The van der Waals surface area contributed by atoms with Crippen molar-refractivity contribution < 1.29 is 9.53 Å². The fourth-order valence-corrected chi connectivity index (χ4v) is 2.47. The zero-order valence-corrected chi connectivity index (χ0v) is 13.0. The molecule has 0 N–H and O–H groups in total. The molecule has 0 atom stereocenters. The van der Waals surface area contributed by atoms with Crippen molar-refractivity contribution in [3.8, 4) is 11.1 Å². The minimum absolute atomic E-state index is 0.338. The van der Waals surface area contributed by atoms with Gasteiger partial charge in [-0.1, -0.05) is 44.2 Å². The van der Waals surface area contributed by atoms with E-state index in [9.17, 15) is 4.79 Å². The van der Waals surface area contributed by atoms with E-state index in [4.69, 9.17) is 4.74 Å². The molecule has 0 aliphatic carbocycles. The fraction of sp³-hybridized carbons (Fsp3) is 0.333. The van der Waals surface area contributed by atoms with Crippen molar-refractivity contribution in [2.75, 3.05) is 7.11 Å². The molecule has 3 heteroatoms. The molecule has 0 aliphatic heterocycles. The van der Waals surface area contributed by atoms with Gasteiger partial charge >= 0.3 is 5.97 Å². The molecule has 2 rings (SSSR count). The second-order valence-corrected chi connectivity index (χ2v) is 5.58. The maximum absolute atomic E-state index is 12.1. The van der Waals surface area contributed by atoms with Crippen molar-refractivity contribution in [3.05, 3.63) is 53.3 Å². The Morgan fingerprint density at radius 2 is 1.90 bits per heavy atom. The summed E-state index contributed by atoms with van der Waals surface area (Å²) < 4.78 is 4.92. The van der Waals surface area contributed by atoms with Gasteiger partial charge < -0.3 is 4.74 Å². The molecule has 0 spiro atoms. The molecular weight excluding hydrogens is 262 g/mol. The lowest BCUT2D eigenvalue weighted by Gasteiger charge is -2.14. The Bertz CT molecular complexity index is 633. The Hall–Kier alpha value is -2.16. The molecular formula is C18H21NO2. The predicted molar refractivity (Wildman–Crippen MR) is 84.3 cm³/mol. The Morgan fingerprint density at radius 3 is 2.48 bits per heavy atom. The van der Waals surface area contributed by atoms with Crippen molar-refractivity contribution in [3.63, 3.8) is 0 Å². The number of ether oxygens (including phenoxy) is 1. The second-order valence-electron chi connectivity index (χ2n) is 5.58. The van der Waals surface area contributed by atoms with Crippen LogP contribution in [0.25, 0.3) is 11.1 Å². The van der Waals surface area contributed by atoms with Gasteiger partial charge in [-0.2, -0.15) is 0 Å². The van der Waals surface area contributed by atoms with E-state index in [0.29, 0.717) is 11.5 Å². The number of esters is 1. The van der Waals surface area contributed by atoms with Gasteiger partial charge in [0.25, 0.3) is 0 Å². The molecule has 110 valence electrons. The van der Waals surface area contributed by atoms with E-state index in [1.807, 2.05) is 43.3 Å². The predicted octanol–water partition coefficient (Wildman–Crippen LogP) is 4.04. The number of hydrogen-bond donors (Lipinski definition) is 0. The van der Waals surface area contributed by atoms with Crippen molar-refractivity contribution >= 4 is 5.97 Å². The number of nitrogens with zero attached hydrogens (tertiary/aromatic N) is 1. The standard InChI is InChI=1S/C18H21NO2/c1-12(2)10-15-11-16(14-8-6-5-7-9-14)17(13(3)19-15)18(20)21-4/h5-9,11-12H,10H2,1-4H3. The second kappa shape index (κ2) is 6.53. The van der Waals surface area contributed by atoms with Crippen LogP contribution in [0.3, 0.4) is 0 Å².